The number of benzene rings is 1. The van der Waals surface area contributed by atoms with Gasteiger partial charge in [-0.3, -0.25) is 0 Å². The second kappa shape index (κ2) is 2.86. The highest BCUT2D eigenvalue weighted by Crippen LogP contribution is 2.45. The van der Waals surface area contributed by atoms with Gasteiger partial charge in [-0.1, -0.05) is 11.6 Å². The second-order valence-corrected chi connectivity index (χ2v) is 4.97. The highest BCUT2D eigenvalue weighted by Gasteiger charge is 2.27. The van der Waals surface area contributed by atoms with Crippen molar-refractivity contribution >= 4 is 26.8 Å². The van der Waals surface area contributed by atoms with Crippen LogP contribution in [0, 0.1) is 6.92 Å². The zero-order valence-corrected chi connectivity index (χ0v) is 9.69. The number of hydrogen-bond donors (Lipinski definition) is 1. The van der Waals surface area contributed by atoms with Crippen molar-refractivity contribution in [3.63, 3.8) is 0 Å². The van der Waals surface area contributed by atoms with E-state index in [1.807, 2.05) is 0 Å². The summed E-state index contributed by atoms with van der Waals surface area (Å²) in [5.74, 6) is 0.775. The fourth-order valence-corrected chi connectivity index (χ4v) is 2.70. The Hall–Kier alpha value is -0.760. The zero-order chi connectivity index (χ0) is 9.71. The molecule has 0 bridgehead atoms. The van der Waals surface area contributed by atoms with Crippen molar-refractivity contribution in [1.82, 2.24) is 4.98 Å². The molecule has 1 nitrogen and oxygen atoms in total. The summed E-state index contributed by atoms with van der Waals surface area (Å²) in [5.41, 5.74) is 3.97. The Morgan fingerprint density at radius 2 is 2.14 bits per heavy atom. The van der Waals surface area contributed by atoms with E-state index in [0.29, 0.717) is 0 Å². The van der Waals surface area contributed by atoms with E-state index >= 15 is 0 Å². The number of hydrogen-bond acceptors (Lipinski definition) is 0. The molecule has 2 aromatic rings. The van der Waals surface area contributed by atoms with Crippen LogP contribution >= 0.6 is 15.9 Å². The first kappa shape index (κ1) is 8.54. The van der Waals surface area contributed by atoms with E-state index in [1.54, 1.807) is 0 Å². The van der Waals surface area contributed by atoms with Gasteiger partial charge in [-0.15, -0.1) is 0 Å². The summed E-state index contributed by atoms with van der Waals surface area (Å²) < 4.78 is 1.28. The van der Waals surface area contributed by atoms with E-state index < -0.39 is 0 Å². The van der Waals surface area contributed by atoms with Crippen molar-refractivity contribution in [3.8, 4) is 0 Å². The van der Waals surface area contributed by atoms with Gasteiger partial charge in [-0.25, -0.2) is 0 Å². The highest BCUT2D eigenvalue weighted by atomic mass is 79.9. The number of H-pyrrole nitrogens is 1. The molecule has 0 unspecified atom stereocenters. The molecule has 1 fully saturated rings. The van der Waals surface area contributed by atoms with Crippen molar-refractivity contribution in [3.05, 3.63) is 33.9 Å². The van der Waals surface area contributed by atoms with Crippen molar-refractivity contribution in [2.45, 2.75) is 25.7 Å². The molecular formula is C12H12BrN. The molecule has 3 rings (SSSR count). The lowest BCUT2D eigenvalue weighted by atomic mass is 10.2. The Morgan fingerprint density at radius 3 is 2.86 bits per heavy atom. The van der Waals surface area contributed by atoms with Crippen LogP contribution in [0.2, 0.25) is 0 Å². The van der Waals surface area contributed by atoms with Crippen molar-refractivity contribution in [1.29, 1.82) is 0 Å². The van der Waals surface area contributed by atoms with Gasteiger partial charge in [0.1, 0.15) is 0 Å². The monoisotopic (exact) mass is 249 g/mol. The average Bonchev–Trinajstić information content (AvgIpc) is 2.95. The van der Waals surface area contributed by atoms with E-state index in [0.717, 1.165) is 5.92 Å². The molecule has 1 heterocycles. The topological polar surface area (TPSA) is 15.8 Å². The van der Waals surface area contributed by atoms with E-state index in [4.69, 9.17) is 0 Å². The van der Waals surface area contributed by atoms with Crippen LogP contribution < -0.4 is 0 Å². The van der Waals surface area contributed by atoms with Gasteiger partial charge >= 0.3 is 0 Å². The fraction of sp³-hybridized carbons (Fsp3) is 0.333. The summed E-state index contributed by atoms with van der Waals surface area (Å²) in [6, 6.07) is 6.56. The largest absolute Gasteiger partial charge is 0.357 e. The summed E-state index contributed by atoms with van der Waals surface area (Å²) >= 11 is 3.70. The van der Waals surface area contributed by atoms with Crippen LogP contribution in [0.15, 0.2) is 22.7 Å². The van der Waals surface area contributed by atoms with E-state index in [1.165, 1.54) is 39.5 Å². The first-order valence-electron chi connectivity index (χ1n) is 5.03. The number of aryl methyl sites for hydroxylation is 1. The number of aromatic amines is 1. The van der Waals surface area contributed by atoms with Crippen LogP contribution in [0.4, 0.5) is 0 Å². The Balaban J connectivity index is 2.29. The Morgan fingerprint density at radius 1 is 1.36 bits per heavy atom. The summed E-state index contributed by atoms with van der Waals surface area (Å²) in [7, 11) is 0. The molecule has 1 aromatic carbocycles. The minimum atomic E-state index is 0.775. The van der Waals surface area contributed by atoms with E-state index in [9.17, 15) is 0 Å². The predicted octanol–water partition coefficient (Wildman–Crippen LogP) is 4.12. The first-order chi connectivity index (χ1) is 6.75. The molecule has 1 aliphatic carbocycles. The van der Waals surface area contributed by atoms with Gasteiger partial charge in [-0.2, -0.15) is 0 Å². The SMILES string of the molecule is Cc1ccc2[nH]c(C3CC3)c(Br)c2c1. The molecule has 1 N–H and O–H groups in total. The molecule has 14 heavy (non-hydrogen) atoms. The van der Waals surface area contributed by atoms with Crippen LogP contribution in [-0.2, 0) is 0 Å². The average molecular weight is 250 g/mol. The molecule has 1 saturated carbocycles. The molecular weight excluding hydrogens is 238 g/mol. The Bertz CT molecular complexity index is 494. The molecule has 0 aliphatic heterocycles. The minimum Gasteiger partial charge on any atom is -0.357 e. The molecule has 0 spiro atoms. The third kappa shape index (κ3) is 1.21. The molecule has 0 radical (unpaired) electrons. The van der Waals surface area contributed by atoms with Crippen LogP contribution in [0.5, 0.6) is 0 Å². The van der Waals surface area contributed by atoms with E-state index in [-0.39, 0.29) is 0 Å². The summed E-state index contributed by atoms with van der Waals surface area (Å²) in [4.78, 5) is 3.51. The van der Waals surface area contributed by atoms with Gasteiger partial charge in [0.2, 0.25) is 0 Å². The molecule has 0 atom stereocenters. The summed E-state index contributed by atoms with van der Waals surface area (Å²) in [6.07, 6.45) is 2.68. The van der Waals surface area contributed by atoms with Gasteiger partial charge in [0, 0.05) is 27.0 Å². The molecule has 1 aromatic heterocycles. The lowest BCUT2D eigenvalue weighted by Gasteiger charge is -1.93. The van der Waals surface area contributed by atoms with Crippen molar-refractivity contribution in [2.24, 2.45) is 0 Å². The maximum absolute atomic E-state index is 3.70. The molecule has 0 amide bonds. The lowest BCUT2D eigenvalue weighted by molar-refractivity contribution is 1.05. The van der Waals surface area contributed by atoms with Crippen LogP contribution in [0.3, 0.4) is 0 Å². The normalized spacial score (nSPS) is 16.4. The first-order valence-corrected chi connectivity index (χ1v) is 5.83. The fourth-order valence-electron chi connectivity index (χ4n) is 1.95. The smallest absolute Gasteiger partial charge is 0.0468 e. The molecule has 1 aliphatic rings. The van der Waals surface area contributed by atoms with Crippen LogP contribution in [-0.4, -0.2) is 4.98 Å². The Labute approximate surface area is 91.6 Å². The Kier molecular flexibility index (Phi) is 1.75. The molecule has 72 valence electrons. The standard InChI is InChI=1S/C12H12BrN/c1-7-2-5-10-9(6-7)11(13)12(14-10)8-3-4-8/h2,5-6,8,14H,3-4H2,1H3. The van der Waals surface area contributed by atoms with Gasteiger partial charge in [0.15, 0.2) is 0 Å². The number of nitrogens with one attached hydrogen (secondary N) is 1. The lowest BCUT2D eigenvalue weighted by Crippen LogP contribution is -1.77. The van der Waals surface area contributed by atoms with E-state index in [2.05, 4.69) is 46.0 Å². The van der Waals surface area contributed by atoms with Crippen molar-refractivity contribution in [2.75, 3.05) is 0 Å². The minimum absolute atomic E-state index is 0.775. The number of rotatable bonds is 1. The van der Waals surface area contributed by atoms with Crippen LogP contribution in [0.1, 0.15) is 30.0 Å². The number of fused-ring (bicyclic) bond motifs is 1. The maximum Gasteiger partial charge on any atom is 0.0468 e. The maximum atomic E-state index is 3.70. The van der Waals surface area contributed by atoms with Gasteiger partial charge < -0.3 is 4.98 Å². The summed E-state index contributed by atoms with van der Waals surface area (Å²) in [5, 5.41) is 1.33. The van der Waals surface area contributed by atoms with Crippen molar-refractivity contribution < 1.29 is 0 Å². The van der Waals surface area contributed by atoms with Gasteiger partial charge in [-0.05, 0) is 47.8 Å². The third-order valence-corrected chi connectivity index (χ3v) is 3.76. The van der Waals surface area contributed by atoms with Gasteiger partial charge in [0.25, 0.3) is 0 Å². The third-order valence-electron chi connectivity index (χ3n) is 2.90. The number of halogens is 1. The quantitative estimate of drug-likeness (QED) is 0.783. The molecule has 2 heteroatoms. The zero-order valence-electron chi connectivity index (χ0n) is 8.10. The second-order valence-electron chi connectivity index (χ2n) is 4.18. The predicted molar refractivity (Wildman–Crippen MR) is 62.7 cm³/mol. The highest BCUT2D eigenvalue weighted by molar-refractivity contribution is 9.10. The number of aromatic nitrogens is 1. The van der Waals surface area contributed by atoms with Crippen LogP contribution in [0.25, 0.3) is 10.9 Å². The van der Waals surface area contributed by atoms with Gasteiger partial charge in [0.05, 0.1) is 0 Å². The summed E-state index contributed by atoms with van der Waals surface area (Å²) in [6.45, 7) is 2.13. The molecule has 0 saturated heterocycles.